The number of nitrogen functional groups attached to an aromatic ring is 1. The van der Waals surface area contributed by atoms with Crippen LogP contribution in [0, 0.1) is 30.9 Å². The Hall–Kier alpha value is -2.50. The van der Waals surface area contributed by atoms with Gasteiger partial charge in [0.2, 0.25) is 5.82 Å². The summed E-state index contributed by atoms with van der Waals surface area (Å²) in [5, 5.41) is 11.2. The lowest BCUT2D eigenvalue weighted by atomic mass is 9.96. The van der Waals surface area contributed by atoms with E-state index in [0.717, 1.165) is 22.3 Å². The van der Waals surface area contributed by atoms with Crippen LogP contribution >= 0.6 is 0 Å². The molecule has 0 saturated heterocycles. The highest BCUT2D eigenvalue weighted by molar-refractivity contribution is 5.79. The molecule has 0 aliphatic rings. The summed E-state index contributed by atoms with van der Waals surface area (Å²) < 4.78 is 0. The van der Waals surface area contributed by atoms with Crippen molar-refractivity contribution in [3.8, 4) is 11.3 Å². The Labute approximate surface area is 110 Å². The Morgan fingerprint density at radius 3 is 2.26 bits per heavy atom. The number of benzene rings is 1. The van der Waals surface area contributed by atoms with Gasteiger partial charge in [-0.1, -0.05) is 17.7 Å². The number of hydrogen-bond donors (Lipinski definition) is 1. The zero-order valence-corrected chi connectivity index (χ0v) is 11.0. The zero-order chi connectivity index (χ0) is 14.2. The topological polar surface area (TPSA) is 94.9 Å². The predicted molar refractivity (Wildman–Crippen MR) is 72.7 cm³/mol. The van der Waals surface area contributed by atoms with Crippen LogP contribution in [0.5, 0.6) is 0 Å². The molecule has 1 aromatic heterocycles. The van der Waals surface area contributed by atoms with Gasteiger partial charge in [0.15, 0.2) is 5.69 Å². The van der Waals surface area contributed by atoms with E-state index in [2.05, 4.69) is 9.97 Å². The predicted octanol–water partition coefficient (Wildman–Crippen LogP) is 2.56. The maximum Gasteiger partial charge on any atom is 0.337 e. The summed E-state index contributed by atoms with van der Waals surface area (Å²) >= 11 is 0. The molecule has 1 aromatic carbocycles. The van der Waals surface area contributed by atoms with Crippen molar-refractivity contribution in [3.05, 3.63) is 45.3 Å². The number of rotatable bonds is 2. The average Bonchev–Trinajstić information content (AvgIpc) is 2.26. The summed E-state index contributed by atoms with van der Waals surface area (Å²) in [4.78, 5) is 18.4. The second-order valence-corrected chi connectivity index (χ2v) is 4.49. The maximum absolute atomic E-state index is 11.2. The fourth-order valence-corrected chi connectivity index (χ4v) is 2.31. The minimum Gasteiger partial charge on any atom is -0.378 e. The van der Waals surface area contributed by atoms with Gasteiger partial charge in [-0.25, -0.2) is 9.97 Å². The Morgan fingerprint density at radius 1 is 1.16 bits per heavy atom. The van der Waals surface area contributed by atoms with Gasteiger partial charge < -0.3 is 5.73 Å². The third-order valence-corrected chi connectivity index (χ3v) is 2.95. The quantitative estimate of drug-likeness (QED) is 0.659. The van der Waals surface area contributed by atoms with Crippen LogP contribution in [0.4, 0.5) is 11.5 Å². The molecule has 2 aromatic rings. The second-order valence-electron chi connectivity index (χ2n) is 4.49. The van der Waals surface area contributed by atoms with Gasteiger partial charge in [-0.3, -0.25) is 10.1 Å². The molecule has 0 bridgehead atoms. The van der Waals surface area contributed by atoms with E-state index in [9.17, 15) is 10.1 Å². The van der Waals surface area contributed by atoms with Gasteiger partial charge in [-0.05, 0) is 31.9 Å². The van der Waals surface area contributed by atoms with E-state index < -0.39 is 4.92 Å². The van der Waals surface area contributed by atoms with E-state index in [4.69, 9.17) is 5.73 Å². The van der Waals surface area contributed by atoms with Gasteiger partial charge in [0.25, 0.3) is 0 Å². The summed E-state index contributed by atoms with van der Waals surface area (Å²) in [5.41, 5.74) is 9.33. The minimum atomic E-state index is -0.538. The molecule has 19 heavy (non-hydrogen) atoms. The maximum atomic E-state index is 11.2. The van der Waals surface area contributed by atoms with E-state index >= 15 is 0 Å². The van der Waals surface area contributed by atoms with Crippen molar-refractivity contribution < 1.29 is 4.92 Å². The molecule has 0 amide bonds. The highest BCUT2D eigenvalue weighted by Crippen LogP contribution is 2.35. The van der Waals surface area contributed by atoms with Gasteiger partial charge in [-0.2, -0.15) is 0 Å². The molecule has 0 aliphatic heterocycles. The monoisotopic (exact) mass is 258 g/mol. The zero-order valence-electron chi connectivity index (χ0n) is 11.0. The molecule has 6 heteroatoms. The number of nitro groups is 1. The van der Waals surface area contributed by atoms with Crippen molar-refractivity contribution in [2.75, 3.05) is 5.73 Å². The fourth-order valence-electron chi connectivity index (χ4n) is 2.31. The number of nitrogens with two attached hydrogens (primary N) is 1. The molecule has 0 aliphatic carbocycles. The number of aromatic nitrogens is 2. The van der Waals surface area contributed by atoms with Gasteiger partial charge in [0.05, 0.1) is 4.92 Å². The van der Waals surface area contributed by atoms with Crippen LogP contribution in [0.2, 0.25) is 0 Å². The van der Waals surface area contributed by atoms with Crippen LogP contribution in [0.3, 0.4) is 0 Å². The smallest absolute Gasteiger partial charge is 0.337 e. The van der Waals surface area contributed by atoms with E-state index in [0.29, 0.717) is 0 Å². The van der Waals surface area contributed by atoms with Crippen molar-refractivity contribution in [1.29, 1.82) is 0 Å². The molecule has 0 saturated carbocycles. The average molecular weight is 258 g/mol. The van der Waals surface area contributed by atoms with E-state index in [-0.39, 0.29) is 17.2 Å². The third kappa shape index (κ3) is 2.24. The van der Waals surface area contributed by atoms with Crippen molar-refractivity contribution in [2.24, 2.45) is 0 Å². The Kier molecular flexibility index (Phi) is 3.16. The first kappa shape index (κ1) is 12.9. The first-order valence-electron chi connectivity index (χ1n) is 5.75. The first-order valence-corrected chi connectivity index (χ1v) is 5.75. The van der Waals surface area contributed by atoms with Crippen molar-refractivity contribution in [1.82, 2.24) is 9.97 Å². The van der Waals surface area contributed by atoms with Crippen molar-refractivity contribution in [3.63, 3.8) is 0 Å². The van der Waals surface area contributed by atoms with E-state index in [1.165, 1.54) is 6.33 Å². The molecule has 2 rings (SSSR count). The summed E-state index contributed by atoms with van der Waals surface area (Å²) in [6.07, 6.45) is 1.25. The SMILES string of the molecule is Cc1cc(C)c(-c2ncnc(N)c2[N+](=O)[O-])c(C)c1. The van der Waals surface area contributed by atoms with Gasteiger partial charge in [0, 0.05) is 5.56 Å². The molecule has 6 nitrogen and oxygen atoms in total. The minimum absolute atomic E-state index is 0.116. The standard InChI is InChI=1S/C13H14N4O2/c1-7-4-8(2)10(9(3)5-7)11-12(17(18)19)13(14)16-6-15-11/h4-6H,1-3H3,(H2,14,15,16). The molecule has 0 spiro atoms. The number of nitrogens with zero attached hydrogens (tertiary/aromatic N) is 3. The van der Waals surface area contributed by atoms with Gasteiger partial charge in [0.1, 0.15) is 6.33 Å². The largest absolute Gasteiger partial charge is 0.378 e. The highest BCUT2D eigenvalue weighted by Gasteiger charge is 2.24. The summed E-state index contributed by atoms with van der Waals surface area (Å²) in [5.74, 6) is -0.116. The summed E-state index contributed by atoms with van der Waals surface area (Å²) in [6, 6.07) is 3.93. The lowest BCUT2D eigenvalue weighted by molar-refractivity contribution is -0.383. The Morgan fingerprint density at radius 2 is 1.74 bits per heavy atom. The van der Waals surface area contributed by atoms with Crippen LogP contribution in [0.15, 0.2) is 18.5 Å². The Bertz CT molecular complexity index is 645. The van der Waals surface area contributed by atoms with E-state index in [1.54, 1.807) is 0 Å². The molecular formula is C13H14N4O2. The van der Waals surface area contributed by atoms with Crippen molar-refractivity contribution >= 4 is 11.5 Å². The number of aryl methyl sites for hydroxylation is 3. The third-order valence-electron chi connectivity index (χ3n) is 2.95. The van der Waals surface area contributed by atoms with Crippen LogP contribution in [-0.4, -0.2) is 14.9 Å². The molecule has 2 N–H and O–H groups in total. The molecule has 0 fully saturated rings. The first-order chi connectivity index (χ1) is 8.91. The van der Waals surface area contributed by atoms with Crippen LogP contribution < -0.4 is 5.73 Å². The molecule has 1 heterocycles. The van der Waals surface area contributed by atoms with Crippen molar-refractivity contribution in [2.45, 2.75) is 20.8 Å². The fraction of sp³-hybridized carbons (Fsp3) is 0.231. The lowest BCUT2D eigenvalue weighted by Crippen LogP contribution is -2.04. The molecule has 0 unspecified atom stereocenters. The van der Waals surface area contributed by atoms with Crippen LogP contribution in [0.1, 0.15) is 16.7 Å². The number of hydrogen-bond acceptors (Lipinski definition) is 5. The van der Waals surface area contributed by atoms with Crippen LogP contribution in [-0.2, 0) is 0 Å². The van der Waals surface area contributed by atoms with E-state index in [1.807, 2.05) is 32.9 Å². The Balaban J connectivity index is 2.80. The number of anilines is 1. The van der Waals surface area contributed by atoms with Gasteiger partial charge >= 0.3 is 5.69 Å². The molecule has 98 valence electrons. The molecule has 0 radical (unpaired) electrons. The highest BCUT2D eigenvalue weighted by atomic mass is 16.6. The normalized spacial score (nSPS) is 10.5. The summed E-state index contributed by atoms with van der Waals surface area (Å²) in [6.45, 7) is 5.78. The second kappa shape index (κ2) is 4.64. The van der Waals surface area contributed by atoms with Crippen LogP contribution in [0.25, 0.3) is 11.3 Å². The molecular weight excluding hydrogens is 244 g/mol. The van der Waals surface area contributed by atoms with Gasteiger partial charge in [-0.15, -0.1) is 0 Å². The molecule has 0 atom stereocenters. The summed E-state index contributed by atoms with van der Waals surface area (Å²) in [7, 11) is 0. The lowest BCUT2D eigenvalue weighted by Gasteiger charge is -2.11.